The lowest BCUT2D eigenvalue weighted by molar-refractivity contribution is 0.304. The first kappa shape index (κ1) is 14.4. The first-order valence-electron chi connectivity index (χ1n) is 6.30. The van der Waals surface area contributed by atoms with E-state index in [2.05, 4.69) is 0 Å². The molecule has 0 heterocycles. The molecule has 0 fully saturated rings. The van der Waals surface area contributed by atoms with Crippen molar-refractivity contribution >= 4 is 17.4 Å². The maximum absolute atomic E-state index is 7.46. The molecule has 0 aliphatic heterocycles. The van der Waals surface area contributed by atoms with Gasteiger partial charge in [0.15, 0.2) is 0 Å². The summed E-state index contributed by atoms with van der Waals surface area (Å²) >= 11 is 6.18. The van der Waals surface area contributed by atoms with Crippen LogP contribution in [-0.2, 0) is 6.61 Å². The highest BCUT2D eigenvalue weighted by Gasteiger charge is 2.06. The minimum Gasteiger partial charge on any atom is -0.489 e. The van der Waals surface area contributed by atoms with Gasteiger partial charge in [-0.3, -0.25) is 5.41 Å². The number of nitrogens with two attached hydrogens (primary N) is 1. The van der Waals surface area contributed by atoms with Crippen molar-refractivity contribution < 1.29 is 4.74 Å². The Morgan fingerprint density at radius 1 is 1.20 bits per heavy atom. The van der Waals surface area contributed by atoms with Crippen molar-refractivity contribution in [1.82, 2.24) is 0 Å². The van der Waals surface area contributed by atoms with E-state index in [9.17, 15) is 0 Å². The van der Waals surface area contributed by atoms with Crippen molar-refractivity contribution in [2.75, 3.05) is 0 Å². The molecule has 0 atom stereocenters. The van der Waals surface area contributed by atoms with Gasteiger partial charge < -0.3 is 10.5 Å². The van der Waals surface area contributed by atoms with Crippen LogP contribution in [0.1, 0.15) is 22.3 Å². The molecule has 2 rings (SSSR count). The molecule has 0 saturated carbocycles. The van der Waals surface area contributed by atoms with E-state index in [-0.39, 0.29) is 5.84 Å². The van der Waals surface area contributed by atoms with Gasteiger partial charge in [-0.05, 0) is 37.1 Å². The summed E-state index contributed by atoms with van der Waals surface area (Å²) in [5.41, 5.74) is 9.19. The molecule has 0 aliphatic carbocycles. The molecule has 20 heavy (non-hydrogen) atoms. The van der Waals surface area contributed by atoms with E-state index in [4.69, 9.17) is 27.5 Å². The van der Waals surface area contributed by atoms with E-state index in [0.717, 1.165) is 16.7 Å². The van der Waals surface area contributed by atoms with E-state index in [1.807, 2.05) is 44.2 Å². The SMILES string of the molecule is Cc1ccc(COc2cc(C(=N)N)ccc2C)c(Cl)c1. The zero-order chi connectivity index (χ0) is 14.7. The van der Waals surface area contributed by atoms with E-state index in [1.165, 1.54) is 0 Å². The Morgan fingerprint density at radius 3 is 2.60 bits per heavy atom. The van der Waals surface area contributed by atoms with E-state index < -0.39 is 0 Å². The third-order valence-electron chi connectivity index (χ3n) is 3.09. The summed E-state index contributed by atoms with van der Waals surface area (Å²) in [6.07, 6.45) is 0. The molecule has 0 bridgehead atoms. The predicted octanol–water partition coefficient (Wildman–Crippen LogP) is 3.82. The van der Waals surface area contributed by atoms with Crippen molar-refractivity contribution in [3.05, 3.63) is 63.7 Å². The van der Waals surface area contributed by atoms with Crippen LogP contribution in [0.3, 0.4) is 0 Å². The summed E-state index contributed by atoms with van der Waals surface area (Å²) in [5, 5.41) is 8.16. The normalized spacial score (nSPS) is 10.3. The lowest BCUT2D eigenvalue weighted by Gasteiger charge is -2.12. The minimum atomic E-state index is 0.0308. The molecule has 2 aromatic carbocycles. The Kier molecular flexibility index (Phi) is 4.30. The number of ether oxygens (including phenoxy) is 1. The molecule has 2 aromatic rings. The Bertz CT molecular complexity index is 653. The van der Waals surface area contributed by atoms with Crippen LogP contribution >= 0.6 is 11.6 Å². The van der Waals surface area contributed by atoms with Gasteiger partial charge in [0.25, 0.3) is 0 Å². The summed E-state index contributed by atoms with van der Waals surface area (Å²) < 4.78 is 5.80. The fourth-order valence-electron chi connectivity index (χ4n) is 1.85. The van der Waals surface area contributed by atoms with Gasteiger partial charge in [-0.2, -0.15) is 0 Å². The largest absolute Gasteiger partial charge is 0.489 e. The van der Waals surface area contributed by atoms with E-state index >= 15 is 0 Å². The molecule has 0 spiro atoms. The monoisotopic (exact) mass is 288 g/mol. The van der Waals surface area contributed by atoms with Gasteiger partial charge >= 0.3 is 0 Å². The molecule has 0 aromatic heterocycles. The third kappa shape index (κ3) is 3.31. The van der Waals surface area contributed by atoms with Crippen LogP contribution in [-0.4, -0.2) is 5.84 Å². The lowest BCUT2D eigenvalue weighted by Crippen LogP contribution is -2.11. The van der Waals surface area contributed by atoms with Gasteiger partial charge in [-0.15, -0.1) is 0 Å². The van der Waals surface area contributed by atoms with Crippen LogP contribution in [0.15, 0.2) is 36.4 Å². The Morgan fingerprint density at radius 2 is 1.95 bits per heavy atom. The topological polar surface area (TPSA) is 59.1 Å². The predicted molar refractivity (Wildman–Crippen MR) is 82.7 cm³/mol. The lowest BCUT2D eigenvalue weighted by atomic mass is 10.1. The van der Waals surface area contributed by atoms with Crippen molar-refractivity contribution in [2.24, 2.45) is 5.73 Å². The fourth-order valence-corrected chi connectivity index (χ4v) is 2.14. The molecule has 0 aliphatic rings. The first-order valence-corrected chi connectivity index (χ1v) is 6.68. The molecule has 0 amide bonds. The maximum atomic E-state index is 7.46. The van der Waals surface area contributed by atoms with Crippen LogP contribution in [0, 0.1) is 19.3 Å². The molecule has 0 radical (unpaired) electrons. The first-order chi connectivity index (χ1) is 9.47. The average Bonchev–Trinajstić information content (AvgIpc) is 2.39. The van der Waals surface area contributed by atoms with Crippen molar-refractivity contribution in [1.29, 1.82) is 5.41 Å². The van der Waals surface area contributed by atoms with Gasteiger partial charge in [0, 0.05) is 16.1 Å². The Balaban J connectivity index is 2.18. The van der Waals surface area contributed by atoms with Gasteiger partial charge in [-0.1, -0.05) is 35.9 Å². The molecule has 4 heteroatoms. The van der Waals surface area contributed by atoms with Crippen LogP contribution in [0.25, 0.3) is 0 Å². The van der Waals surface area contributed by atoms with Crippen LogP contribution in [0.2, 0.25) is 5.02 Å². The second-order valence-electron chi connectivity index (χ2n) is 4.78. The second kappa shape index (κ2) is 5.97. The molecule has 104 valence electrons. The standard InChI is InChI=1S/C16H17ClN2O/c1-10-3-5-13(14(17)7-10)9-20-15-8-12(16(18)19)6-4-11(15)2/h3-8H,9H2,1-2H3,(H3,18,19). The number of benzene rings is 2. The summed E-state index contributed by atoms with van der Waals surface area (Å²) in [4.78, 5) is 0. The van der Waals surface area contributed by atoms with E-state index in [0.29, 0.717) is 22.9 Å². The Labute approximate surface area is 123 Å². The van der Waals surface area contributed by atoms with Gasteiger partial charge in [0.05, 0.1) is 0 Å². The van der Waals surface area contributed by atoms with Crippen LogP contribution in [0.4, 0.5) is 0 Å². The highest BCUT2D eigenvalue weighted by atomic mass is 35.5. The van der Waals surface area contributed by atoms with Crippen molar-refractivity contribution in [3.8, 4) is 5.75 Å². The number of hydrogen-bond donors (Lipinski definition) is 2. The Hall–Kier alpha value is -2.00. The van der Waals surface area contributed by atoms with Gasteiger partial charge in [0.2, 0.25) is 0 Å². The van der Waals surface area contributed by atoms with Crippen LogP contribution < -0.4 is 10.5 Å². The zero-order valence-electron chi connectivity index (χ0n) is 11.5. The quantitative estimate of drug-likeness (QED) is 0.664. The van der Waals surface area contributed by atoms with E-state index in [1.54, 1.807) is 6.07 Å². The number of nitrogens with one attached hydrogen (secondary N) is 1. The molecular weight excluding hydrogens is 272 g/mol. The number of hydrogen-bond acceptors (Lipinski definition) is 2. The number of aryl methyl sites for hydroxylation is 2. The highest BCUT2D eigenvalue weighted by Crippen LogP contribution is 2.23. The zero-order valence-corrected chi connectivity index (χ0v) is 12.3. The maximum Gasteiger partial charge on any atom is 0.123 e. The van der Waals surface area contributed by atoms with Gasteiger partial charge in [0.1, 0.15) is 18.2 Å². The average molecular weight is 289 g/mol. The second-order valence-corrected chi connectivity index (χ2v) is 5.18. The third-order valence-corrected chi connectivity index (χ3v) is 3.44. The minimum absolute atomic E-state index is 0.0308. The number of halogens is 1. The molecule has 0 saturated heterocycles. The molecular formula is C16H17ClN2O. The van der Waals surface area contributed by atoms with Gasteiger partial charge in [-0.25, -0.2) is 0 Å². The van der Waals surface area contributed by atoms with Crippen LogP contribution in [0.5, 0.6) is 5.75 Å². The number of amidine groups is 1. The highest BCUT2D eigenvalue weighted by molar-refractivity contribution is 6.31. The summed E-state index contributed by atoms with van der Waals surface area (Å²) in [6.45, 7) is 4.34. The van der Waals surface area contributed by atoms with Crippen molar-refractivity contribution in [2.45, 2.75) is 20.5 Å². The van der Waals surface area contributed by atoms with Crippen molar-refractivity contribution in [3.63, 3.8) is 0 Å². The summed E-state index contributed by atoms with van der Waals surface area (Å²) in [5.74, 6) is 0.748. The molecule has 3 nitrogen and oxygen atoms in total. The summed E-state index contributed by atoms with van der Waals surface area (Å²) in [7, 11) is 0. The number of nitrogen functional groups attached to an aromatic ring is 1. The smallest absolute Gasteiger partial charge is 0.123 e. The molecule has 3 N–H and O–H groups in total. The molecule has 0 unspecified atom stereocenters. The fraction of sp³-hybridized carbons (Fsp3) is 0.188. The summed E-state index contributed by atoms with van der Waals surface area (Å²) in [6, 6.07) is 11.4. The number of rotatable bonds is 4.